The lowest BCUT2D eigenvalue weighted by molar-refractivity contribution is 0.627. The van der Waals surface area contributed by atoms with Crippen LogP contribution in [0.25, 0.3) is 0 Å². The van der Waals surface area contributed by atoms with Crippen molar-refractivity contribution in [3.63, 3.8) is 0 Å². The maximum Gasteiger partial charge on any atom is 0.307 e. The zero-order valence-electron chi connectivity index (χ0n) is 6.54. The third-order valence-corrected chi connectivity index (χ3v) is 2.44. The van der Waals surface area contributed by atoms with Crippen LogP contribution >= 0.6 is 11.3 Å². The van der Waals surface area contributed by atoms with Gasteiger partial charge in [-0.3, -0.25) is 4.79 Å². The smallest absolute Gasteiger partial charge is 0.307 e. The molecule has 4 heteroatoms. The summed E-state index contributed by atoms with van der Waals surface area (Å²) in [6.45, 7) is 3.33. The first-order valence-electron chi connectivity index (χ1n) is 3.60. The second kappa shape index (κ2) is 3.69. The predicted octanol–water partition coefficient (Wildman–Crippen LogP) is 0.567. The van der Waals surface area contributed by atoms with Gasteiger partial charge in [0.25, 0.3) is 0 Å². The molecule has 0 spiro atoms. The second-order valence-corrected chi connectivity index (χ2v) is 3.26. The van der Waals surface area contributed by atoms with Crippen molar-refractivity contribution in [1.29, 1.82) is 0 Å². The Morgan fingerprint density at radius 3 is 2.91 bits per heavy atom. The number of nitrogens with zero attached hydrogens (tertiary/aromatic N) is 1. The average Bonchev–Trinajstić information content (AvgIpc) is 2.29. The van der Waals surface area contributed by atoms with Gasteiger partial charge in [0, 0.05) is 17.6 Å². The van der Waals surface area contributed by atoms with Gasteiger partial charge in [0.05, 0.1) is 0 Å². The Labute approximate surface area is 69.5 Å². The molecule has 1 aromatic rings. The molecule has 3 nitrogen and oxygen atoms in total. The molecular weight excluding hydrogens is 160 g/mol. The number of rotatable bonds is 3. The van der Waals surface area contributed by atoms with Crippen molar-refractivity contribution in [3.05, 3.63) is 20.7 Å². The number of hydrogen-bond acceptors (Lipinski definition) is 3. The second-order valence-electron chi connectivity index (χ2n) is 2.44. The molecular formula is C7H12N2OS. The molecule has 2 N–H and O–H groups in total. The van der Waals surface area contributed by atoms with Gasteiger partial charge < -0.3 is 10.3 Å². The Balaban J connectivity index is 2.75. The SMILES string of the molecule is Cc1csc(=O)n1CCCN. The fourth-order valence-electron chi connectivity index (χ4n) is 0.924. The zero-order chi connectivity index (χ0) is 8.27. The lowest BCUT2D eigenvalue weighted by Crippen LogP contribution is -2.16. The van der Waals surface area contributed by atoms with E-state index >= 15 is 0 Å². The molecule has 0 unspecified atom stereocenters. The summed E-state index contributed by atoms with van der Waals surface area (Å²) in [6, 6.07) is 0. The molecule has 0 saturated carbocycles. The minimum Gasteiger partial charge on any atom is -0.330 e. The van der Waals surface area contributed by atoms with Crippen LogP contribution in [-0.2, 0) is 6.54 Å². The minimum atomic E-state index is 0.121. The van der Waals surface area contributed by atoms with Crippen LogP contribution in [0.1, 0.15) is 12.1 Å². The summed E-state index contributed by atoms with van der Waals surface area (Å²) in [5.74, 6) is 0. The molecule has 1 rings (SSSR count). The van der Waals surface area contributed by atoms with E-state index in [0.29, 0.717) is 6.54 Å². The Bertz CT molecular complexity index is 276. The van der Waals surface area contributed by atoms with Crippen LogP contribution in [0.15, 0.2) is 10.2 Å². The molecule has 0 bridgehead atoms. The van der Waals surface area contributed by atoms with Gasteiger partial charge in [-0.1, -0.05) is 11.3 Å². The largest absolute Gasteiger partial charge is 0.330 e. The van der Waals surface area contributed by atoms with Gasteiger partial charge in [0.2, 0.25) is 0 Å². The molecule has 0 saturated heterocycles. The van der Waals surface area contributed by atoms with Crippen LogP contribution in [0.4, 0.5) is 0 Å². The summed E-state index contributed by atoms with van der Waals surface area (Å²) < 4.78 is 1.76. The predicted molar refractivity (Wildman–Crippen MR) is 47.0 cm³/mol. The standard InChI is InChI=1S/C7H12N2OS/c1-6-5-11-7(10)9(6)4-2-3-8/h5H,2-4,8H2,1H3. The van der Waals surface area contributed by atoms with Gasteiger partial charge in [0.15, 0.2) is 0 Å². The zero-order valence-corrected chi connectivity index (χ0v) is 7.36. The summed E-state index contributed by atoms with van der Waals surface area (Å²) in [4.78, 5) is 11.2. The molecule has 1 aromatic heterocycles. The molecule has 62 valence electrons. The fourth-order valence-corrected chi connectivity index (χ4v) is 1.69. The van der Waals surface area contributed by atoms with E-state index in [0.717, 1.165) is 18.7 Å². The normalized spacial score (nSPS) is 10.4. The molecule has 11 heavy (non-hydrogen) atoms. The molecule has 0 aliphatic carbocycles. The highest BCUT2D eigenvalue weighted by Crippen LogP contribution is 1.99. The van der Waals surface area contributed by atoms with Gasteiger partial charge in [-0.15, -0.1) is 0 Å². The Morgan fingerprint density at radius 1 is 1.73 bits per heavy atom. The molecule has 1 heterocycles. The van der Waals surface area contributed by atoms with Crippen LogP contribution in [0.3, 0.4) is 0 Å². The fraction of sp³-hybridized carbons (Fsp3) is 0.571. The van der Waals surface area contributed by atoms with Crippen LogP contribution in [-0.4, -0.2) is 11.1 Å². The van der Waals surface area contributed by atoms with E-state index in [1.54, 1.807) is 4.57 Å². The first-order chi connectivity index (χ1) is 5.25. The molecule has 0 amide bonds. The summed E-state index contributed by atoms with van der Waals surface area (Å²) in [7, 11) is 0. The summed E-state index contributed by atoms with van der Waals surface area (Å²) in [6.07, 6.45) is 0.872. The minimum absolute atomic E-state index is 0.121. The van der Waals surface area contributed by atoms with Crippen molar-refractivity contribution < 1.29 is 0 Å². The highest BCUT2D eigenvalue weighted by atomic mass is 32.1. The summed E-state index contributed by atoms with van der Waals surface area (Å²) in [5.41, 5.74) is 6.37. The number of aromatic nitrogens is 1. The maximum absolute atomic E-state index is 11.1. The lowest BCUT2D eigenvalue weighted by atomic mass is 10.4. The lowest BCUT2D eigenvalue weighted by Gasteiger charge is -2.00. The Kier molecular flexibility index (Phi) is 2.84. The molecule has 0 fully saturated rings. The maximum atomic E-state index is 11.1. The average molecular weight is 172 g/mol. The van der Waals surface area contributed by atoms with E-state index in [-0.39, 0.29) is 4.87 Å². The van der Waals surface area contributed by atoms with Crippen molar-refractivity contribution in [3.8, 4) is 0 Å². The third kappa shape index (κ3) is 1.91. The van der Waals surface area contributed by atoms with Gasteiger partial charge in [0.1, 0.15) is 0 Å². The number of nitrogens with two attached hydrogens (primary N) is 1. The molecule has 0 radical (unpaired) electrons. The summed E-state index contributed by atoms with van der Waals surface area (Å²) >= 11 is 1.25. The molecule has 0 aromatic carbocycles. The van der Waals surface area contributed by atoms with Crippen LogP contribution in [0.5, 0.6) is 0 Å². The third-order valence-electron chi connectivity index (χ3n) is 1.56. The van der Waals surface area contributed by atoms with E-state index in [1.165, 1.54) is 11.3 Å². The van der Waals surface area contributed by atoms with Gasteiger partial charge in [-0.25, -0.2) is 0 Å². The van der Waals surface area contributed by atoms with Crippen LogP contribution < -0.4 is 10.6 Å². The van der Waals surface area contributed by atoms with E-state index in [2.05, 4.69) is 0 Å². The molecule has 0 aliphatic heterocycles. The Morgan fingerprint density at radius 2 is 2.45 bits per heavy atom. The van der Waals surface area contributed by atoms with E-state index in [9.17, 15) is 4.79 Å². The highest BCUT2D eigenvalue weighted by Gasteiger charge is 1.99. The van der Waals surface area contributed by atoms with Crippen molar-refractivity contribution in [2.24, 2.45) is 5.73 Å². The van der Waals surface area contributed by atoms with Crippen LogP contribution in [0, 0.1) is 6.92 Å². The van der Waals surface area contributed by atoms with Gasteiger partial charge in [-0.05, 0) is 19.9 Å². The van der Waals surface area contributed by atoms with E-state index < -0.39 is 0 Å². The van der Waals surface area contributed by atoms with Crippen molar-refractivity contribution in [1.82, 2.24) is 4.57 Å². The van der Waals surface area contributed by atoms with E-state index in [4.69, 9.17) is 5.73 Å². The van der Waals surface area contributed by atoms with Crippen molar-refractivity contribution in [2.75, 3.05) is 6.54 Å². The monoisotopic (exact) mass is 172 g/mol. The van der Waals surface area contributed by atoms with Crippen LogP contribution in [0.2, 0.25) is 0 Å². The first kappa shape index (κ1) is 8.49. The Hall–Kier alpha value is -0.610. The molecule has 0 atom stereocenters. The first-order valence-corrected chi connectivity index (χ1v) is 4.48. The van der Waals surface area contributed by atoms with Crippen molar-refractivity contribution >= 4 is 11.3 Å². The molecule has 0 aliphatic rings. The number of hydrogen-bond donors (Lipinski definition) is 1. The van der Waals surface area contributed by atoms with Gasteiger partial charge >= 0.3 is 4.87 Å². The number of aryl methyl sites for hydroxylation is 1. The van der Waals surface area contributed by atoms with Gasteiger partial charge in [-0.2, -0.15) is 0 Å². The number of thiazole rings is 1. The van der Waals surface area contributed by atoms with Crippen molar-refractivity contribution in [2.45, 2.75) is 19.9 Å². The topological polar surface area (TPSA) is 48.0 Å². The quantitative estimate of drug-likeness (QED) is 0.724. The van der Waals surface area contributed by atoms with E-state index in [1.807, 2.05) is 12.3 Å². The summed E-state index contributed by atoms with van der Waals surface area (Å²) in [5, 5.41) is 1.87. The highest BCUT2D eigenvalue weighted by molar-refractivity contribution is 7.07.